The lowest BCUT2D eigenvalue weighted by Gasteiger charge is -2.20. The van der Waals surface area contributed by atoms with Crippen molar-refractivity contribution in [1.29, 1.82) is 0 Å². The van der Waals surface area contributed by atoms with Gasteiger partial charge < -0.3 is 14.8 Å². The maximum atomic E-state index is 11.1. The molecule has 0 saturated heterocycles. The van der Waals surface area contributed by atoms with E-state index in [4.69, 9.17) is 9.47 Å². The van der Waals surface area contributed by atoms with Crippen LogP contribution in [0.25, 0.3) is 0 Å². The number of nitrogens with one attached hydrogen (secondary N) is 1. The predicted octanol–water partition coefficient (Wildman–Crippen LogP) is 1.49. The first kappa shape index (κ1) is 14.5. The molecule has 0 spiro atoms. The second kappa shape index (κ2) is 6.87. The van der Waals surface area contributed by atoms with Gasteiger partial charge in [0.25, 0.3) is 0 Å². The molecule has 0 rings (SSSR count). The average Bonchev–Trinajstić information content (AvgIpc) is 2.22. The van der Waals surface area contributed by atoms with E-state index in [1.807, 2.05) is 13.8 Å². The van der Waals surface area contributed by atoms with Gasteiger partial charge in [0.05, 0.1) is 0 Å². The number of ether oxygens (including phenoxy) is 2. The number of amides is 1. The van der Waals surface area contributed by atoms with E-state index in [2.05, 4.69) is 11.9 Å². The van der Waals surface area contributed by atoms with E-state index in [1.54, 1.807) is 6.92 Å². The summed E-state index contributed by atoms with van der Waals surface area (Å²) in [5.74, 6) is -0.415. The fourth-order valence-corrected chi connectivity index (χ4v) is 0.840. The van der Waals surface area contributed by atoms with Crippen LogP contribution in [0.5, 0.6) is 0 Å². The van der Waals surface area contributed by atoms with E-state index in [-0.39, 0.29) is 12.5 Å². The number of rotatable bonds is 5. The number of alkyl carbamates (subject to hydrolysis) is 1. The second-order valence-electron chi connectivity index (χ2n) is 3.82. The summed E-state index contributed by atoms with van der Waals surface area (Å²) in [7, 11) is 1.47. The standard InChI is InChI=1S/C11H19NO4/c1-7(2)9(16-11(14)12-5)6-15-10(13)8(3)4/h7,9H,3,6H2,1-2,4-5H3,(H,12,14). The number of carbonyl (C=O) groups excluding carboxylic acids is 2. The highest BCUT2D eigenvalue weighted by Crippen LogP contribution is 2.08. The maximum absolute atomic E-state index is 11.1. The zero-order valence-corrected chi connectivity index (χ0v) is 10.2. The zero-order chi connectivity index (χ0) is 12.7. The largest absolute Gasteiger partial charge is 0.458 e. The van der Waals surface area contributed by atoms with Gasteiger partial charge in [0.2, 0.25) is 0 Å². The first-order valence-corrected chi connectivity index (χ1v) is 5.09. The third kappa shape index (κ3) is 5.38. The van der Waals surface area contributed by atoms with Gasteiger partial charge in [-0.2, -0.15) is 0 Å². The molecule has 1 amide bonds. The number of esters is 1. The molecule has 16 heavy (non-hydrogen) atoms. The van der Waals surface area contributed by atoms with E-state index >= 15 is 0 Å². The van der Waals surface area contributed by atoms with Crippen molar-refractivity contribution in [2.24, 2.45) is 5.92 Å². The molecule has 1 unspecified atom stereocenters. The van der Waals surface area contributed by atoms with Crippen LogP contribution in [0.3, 0.4) is 0 Å². The molecule has 0 fully saturated rings. The third-order valence-electron chi connectivity index (χ3n) is 1.93. The summed E-state index contributed by atoms with van der Waals surface area (Å²) >= 11 is 0. The Morgan fingerprint density at radius 3 is 2.31 bits per heavy atom. The Labute approximate surface area is 95.8 Å². The fourth-order valence-electron chi connectivity index (χ4n) is 0.840. The molecule has 0 aliphatic heterocycles. The molecule has 0 aliphatic rings. The van der Waals surface area contributed by atoms with Gasteiger partial charge >= 0.3 is 12.1 Å². The van der Waals surface area contributed by atoms with E-state index < -0.39 is 18.2 Å². The van der Waals surface area contributed by atoms with Crippen LogP contribution in [0.2, 0.25) is 0 Å². The molecule has 1 atom stereocenters. The predicted molar refractivity (Wildman–Crippen MR) is 59.9 cm³/mol. The second-order valence-corrected chi connectivity index (χ2v) is 3.82. The van der Waals surface area contributed by atoms with Crippen LogP contribution in [0.15, 0.2) is 12.2 Å². The van der Waals surface area contributed by atoms with E-state index in [0.717, 1.165) is 0 Å². The summed E-state index contributed by atoms with van der Waals surface area (Å²) in [5, 5.41) is 2.34. The number of hydrogen-bond acceptors (Lipinski definition) is 4. The Hall–Kier alpha value is -1.52. The van der Waals surface area contributed by atoms with Gasteiger partial charge in [-0.1, -0.05) is 20.4 Å². The molecule has 0 aromatic carbocycles. The summed E-state index contributed by atoms with van der Waals surface area (Å²) in [4.78, 5) is 22.2. The van der Waals surface area contributed by atoms with Crippen molar-refractivity contribution < 1.29 is 19.1 Å². The van der Waals surface area contributed by atoms with Crippen molar-refractivity contribution in [2.45, 2.75) is 26.9 Å². The third-order valence-corrected chi connectivity index (χ3v) is 1.93. The molecule has 92 valence electrons. The minimum absolute atomic E-state index is 0.0385. The Morgan fingerprint density at radius 2 is 1.94 bits per heavy atom. The van der Waals surface area contributed by atoms with E-state index in [1.165, 1.54) is 7.05 Å². The monoisotopic (exact) mass is 229 g/mol. The van der Waals surface area contributed by atoms with Crippen LogP contribution in [0, 0.1) is 5.92 Å². The Balaban J connectivity index is 4.19. The number of carbonyl (C=O) groups is 2. The summed E-state index contributed by atoms with van der Waals surface area (Å²) in [6.45, 7) is 8.82. The van der Waals surface area contributed by atoms with Crippen LogP contribution in [-0.2, 0) is 14.3 Å². The zero-order valence-electron chi connectivity index (χ0n) is 10.2. The highest BCUT2D eigenvalue weighted by Gasteiger charge is 2.19. The molecule has 1 N–H and O–H groups in total. The summed E-state index contributed by atoms with van der Waals surface area (Å²) < 4.78 is 9.96. The molecule has 0 aromatic rings. The van der Waals surface area contributed by atoms with E-state index in [9.17, 15) is 9.59 Å². The molecular weight excluding hydrogens is 210 g/mol. The van der Waals surface area contributed by atoms with Gasteiger partial charge in [-0.15, -0.1) is 0 Å². The van der Waals surface area contributed by atoms with Crippen molar-refractivity contribution in [3.05, 3.63) is 12.2 Å². The highest BCUT2D eigenvalue weighted by molar-refractivity contribution is 5.86. The smallest absolute Gasteiger partial charge is 0.407 e. The van der Waals surface area contributed by atoms with Gasteiger partial charge in [0.15, 0.2) is 0 Å². The number of hydrogen-bond donors (Lipinski definition) is 1. The van der Waals surface area contributed by atoms with Gasteiger partial charge in [0, 0.05) is 12.6 Å². The minimum Gasteiger partial charge on any atom is -0.458 e. The summed E-state index contributed by atoms with van der Waals surface area (Å²) in [5.41, 5.74) is 0.322. The van der Waals surface area contributed by atoms with Crippen molar-refractivity contribution in [2.75, 3.05) is 13.7 Å². The molecule has 0 radical (unpaired) electrons. The van der Waals surface area contributed by atoms with E-state index in [0.29, 0.717) is 5.57 Å². The molecule has 0 saturated carbocycles. The van der Waals surface area contributed by atoms with Crippen LogP contribution >= 0.6 is 0 Å². The van der Waals surface area contributed by atoms with Gasteiger partial charge in [-0.05, 0) is 12.8 Å². The molecule has 0 heterocycles. The molecule has 5 nitrogen and oxygen atoms in total. The molecule has 0 bridgehead atoms. The van der Waals surface area contributed by atoms with Crippen molar-refractivity contribution in [3.8, 4) is 0 Å². The SMILES string of the molecule is C=C(C)C(=O)OCC(OC(=O)NC)C(C)C. The first-order valence-electron chi connectivity index (χ1n) is 5.09. The Kier molecular flexibility index (Phi) is 6.22. The Morgan fingerprint density at radius 1 is 1.38 bits per heavy atom. The minimum atomic E-state index is -0.537. The topological polar surface area (TPSA) is 64.6 Å². The molecule has 5 heteroatoms. The quantitative estimate of drug-likeness (QED) is 0.573. The van der Waals surface area contributed by atoms with Crippen LogP contribution in [-0.4, -0.2) is 31.8 Å². The van der Waals surface area contributed by atoms with Gasteiger partial charge in [-0.3, -0.25) is 0 Å². The van der Waals surface area contributed by atoms with Crippen LogP contribution in [0.4, 0.5) is 4.79 Å². The fraction of sp³-hybridized carbons (Fsp3) is 0.636. The summed E-state index contributed by atoms with van der Waals surface area (Å²) in [6, 6.07) is 0. The van der Waals surface area contributed by atoms with Crippen LogP contribution in [0.1, 0.15) is 20.8 Å². The first-order chi connectivity index (χ1) is 7.38. The van der Waals surface area contributed by atoms with Crippen molar-refractivity contribution in [3.63, 3.8) is 0 Å². The molecular formula is C11H19NO4. The maximum Gasteiger partial charge on any atom is 0.407 e. The van der Waals surface area contributed by atoms with Crippen molar-refractivity contribution in [1.82, 2.24) is 5.32 Å². The average molecular weight is 229 g/mol. The lowest BCUT2D eigenvalue weighted by atomic mass is 10.1. The molecule has 0 aliphatic carbocycles. The van der Waals surface area contributed by atoms with Gasteiger partial charge in [-0.25, -0.2) is 9.59 Å². The lowest BCUT2D eigenvalue weighted by Crippen LogP contribution is -2.33. The summed E-state index contributed by atoms with van der Waals surface area (Å²) in [6.07, 6.45) is -0.992. The normalized spacial score (nSPS) is 11.8. The van der Waals surface area contributed by atoms with Crippen LogP contribution < -0.4 is 5.32 Å². The molecule has 0 aromatic heterocycles. The Bertz CT molecular complexity index is 273. The highest BCUT2D eigenvalue weighted by atomic mass is 16.6. The lowest BCUT2D eigenvalue weighted by molar-refractivity contribution is -0.142. The van der Waals surface area contributed by atoms with Gasteiger partial charge in [0.1, 0.15) is 12.7 Å². The van der Waals surface area contributed by atoms with Crippen molar-refractivity contribution >= 4 is 12.1 Å².